The lowest BCUT2D eigenvalue weighted by Crippen LogP contribution is -2.34. The molecule has 2 N–H and O–H groups in total. The maximum absolute atomic E-state index is 6.23. The summed E-state index contributed by atoms with van der Waals surface area (Å²) in [4.78, 5) is 2.41. The standard InChI is InChI=1S/C17H20N2/c1-12-6-5-8-15(18)17(12)19-13(2)10-11-14-7-3-4-9-16(14)19/h3-9,13H,10-11,18H2,1-2H3. The van der Waals surface area contributed by atoms with Crippen molar-refractivity contribution >= 4 is 17.1 Å². The van der Waals surface area contributed by atoms with Gasteiger partial charge < -0.3 is 10.6 Å². The molecule has 0 saturated heterocycles. The molecule has 19 heavy (non-hydrogen) atoms. The molecule has 1 aliphatic rings. The van der Waals surface area contributed by atoms with E-state index in [0.717, 1.165) is 12.1 Å². The van der Waals surface area contributed by atoms with Crippen LogP contribution >= 0.6 is 0 Å². The van der Waals surface area contributed by atoms with Crippen LogP contribution < -0.4 is 10.6 Å². The first-order valence-corrected chi connectivity index (χ1v) is 6.90. The average molecular weight is 252 g/mol. The van der Waals surface area contributed by atoms with Gasteiger partial charge in [-0.3, -0.25) is 0 Å². The number of anilines is 3. The Labute approximate surface area is 114 Å². The molecule has 0 saturated carbocycles. The second-order valence-corrected chi connectivity index (χ2v) is 5.40. The van der Waals surface area contributed by atoms with Gasteiger partial charge in [0.05, 0.1) is 11.4 Å². The molecule has 1 heterocycles. The van der Waals surface area contributed by atoms with Crippen molar-refractivity contribution in [2.24, 2.45) is 0 Å². The Balaban J connectivity index is 2.19. The first kappa shape index (κ1) is 12.1. The van der Waals surface area contributed by atoms with Crippen LogP contribution in [0.4, 0.5) is 17.1 Å². The van der Waals surface area contributed by atoms with Crippen molar-refractivity contribution in [3.63, 3.8) is 0 Å². The number of hydrogen-bond acceptors (Lipinski definition) is 2. The Morgan fingerprint density at radius 3 is 2.68 bits per heavy atom. The van der Waals surface area contributed by atoms with Crippen LogP contribution in [0.5, 0.6) is 0 Å². The van der Waals surface area contributed by atoms with Crippen LogP contribution in [-0.4, -0.2) is 6.04 Å². The Morgan fingerprint density at radius 1 is 1.11 bits per heavy atom. The van der Waals surface area contributed by atoms with Gasteiger partial charge in [0.25, 0.3) is 0 Å². The third kappa shape index (κ3) is 1.97. The number of benzene rings is 2. The highest BCUT2D eigenvalue weighted by Gasteiger charge is 2.26. The molecule has 0 bridgehead atoms. The highest BCUT2D eigenvalue weighted by molar-refractivity contribution is 5.80. The monoisotopic (exact) mass is 252 g/mol. The maximum Gasteiger partial charge on any atom is 0.0676 e. The Morgan fingerprint density at radius 2 is 1.89 bits per heavy atom. The average Bonchev–Trinajstić information content (AvgIpc) is 2.41. The van der Waals surface area contributed by atoms with E-state index in [1.165, 1.54) is 28.9 Å². The normalized spacial score (nSPS) is 18.2. The van der Waals surface area contributed by atoms with Crippen molar-refractivity contribution in [3.05, 3.63) is 53.6 Å². The van der Waals surface area contributed by atoms with Crippen LogP contribution in [0, 0.1) is 6.92 Å². The van der Waals surface area contributed by atoms with E-state index in [1.807, 2.05) is 12.1 Å². The van der Waals surface area contributed by atoms with Crippen LogP contribution in [0.25, 0.3) is 0 Å². The van der Waals surface area contributed by atoms with E-state index in [2.05, 4.69) is 49.1 Å². The minimum atomic E-state index is 0.485. The fraction of sp³-hybridized carbons (Fsp3) is 0.294. The number of fused-ring (bicyclic) bond motifs is 1. The van der Waals surface area contributed by atoms with Crippen molar-refractivity contribution in [2.45, 2.75) is 32.7 Å². The van der Waals surface area contributed by atoms with Crippen LogP contribution in [0.15, 0.2) is 42.5 Å². The van der Waals surface area contributed by atoms with Gasteiger partial charge in [-0.15, -0.1) is 0 Å². The van der Waals surface area contributed by atoms with Gasteiger partial charge in [0.15, 0.2) is 0 Å². The zero-order valence-corrected chi connectivity index (χ0v) is 11.6. The fourth-order valence-corrected chi connectivity index (χ4v) is 3.04. The van der Waals surface area contributed by atoms with Crippen molar-refractivity contribution in [3.8, 4) is 0 Å². The van der Waals surface area contributed by atoms with Crippen molar-refractivity contribution in [2.75, 3.05) is 10.6 Å². The molecule has 3 rings (SSSR count). The lowest BCUT2D eigenvalue weighted by molar-refractivity contribution is 0.618. The SMILES string of the molecule is Cc1cccc(N)c1N1c2ccccc2CCC1C. The summed E-state index contributed by atoms with van der Waals surface area (Å²) in [5, 5.41) is 0. The molecular weight excluding hydrogens is 232 g/mol. The van der Waals surface area contributed by atoms with Gasteiger partial charge in [-0.1, -0.05) is 30.3 Å². The Bertz CT molecular complexity index is 584. The summed E-state index contributed by atoms with van der Waals surface area (Å²) in [7, 11) is 0. The summed E-state index contributed by atoms with van der Waals surface area (Å²) in [5.41, 5.74) is 12.2. The summed E-state index contributed by atoms with van der Waals surface area (Å²) >= 11 is 0. The largest absolute Gasteiger partial charge is 0.397 e. The number of para-hydroxylation sites is 2. The number of rotatable bonds is 1. The predicted molar refractivity (Wildman–Crippen MR) is 82.0 cm³/mol. The summed E-state index contributed by atoms with van der Waals surface area (Å²) in [6, 6.07) is 15.3. The van der Waals surface area contributed by atoms with Crippen LogP contribution in [0.3, 0.4) is 0 Å². The zero-order chi connectivity index (χ0) is 13.4. The smallest absolute Gasteiger partial charge is 0.0676 e. The molecule has 0 aromatic heterocycles. The summed E-state index contributed by atoms with van der Waals surface area (Å²) in [6.07, 6.45) is 2.32. The van der Waals surface area contributed by atoms with E-state index in [1.54, 1.807) is 0 Å². The fourth-order valence-electron chi connectivity index (χ4n) is 3.04. The number of nitrogens with zero attached hydrogens (tertiary/aromatic N) is 1. The van der Waals surface area contributed by atoms with Gasteiger partial charge >= 0.3 is 0 Å². The van der Waals surface area contributed by atoms with Crippen LogP contribution in [0.1, 0.15) is 24.5 Å². The van der Waals surface area contributed by atoms with Gasteiger partial charge in [0, 0.05) is 11.7 Å². The number of hydrogen-bond donors (Lipinski definition) is 1. The van der Waals surface area contributed by atoms with Crippen molar-refractivity contribution in [1.82, 2.24) is 0 Å². The number of nitrogen functional groups attached to an aromatic ring is 1. The van der Waals surface area contributed by atoms with E-state index < -0.39 is 0 Å². The molecule has 2 heteroatoms. The summed E-state index contributed by atoms with van der Waals surface area (Å²) in [5.74, 6) is 0. The minimum Gasteiger partial charge on any atom is -0.397 e. The topological polar surface area (TPSA) is 29.3 Å². The van der Waals surface area contributed by atoms with E-state index in [0.29, 0.717) is 6.04 Å². The van der Waals surface area contributed by atoms with E-state index in [9.17, 15) is 0 Å². The maximum atomic E-state index is 6.23. The minimum absolute atomic E-state index is 0.485. The van der Waals surface area contributed by atoms with E-state index >= 15 is 0 Å². The molecule has 2 aromatic rings. The molecule has 1 atom stereocenters. The number of nitrogens with two attached hydrogens (primary N) is 1. The first-order chi connectivity index (χ1) is 9.18. The molecule has 0 amide bonds. The summed E-state index contributed by atoms with van der Waals surface area (Å²) in [6.45, 7) is 4.41. The third-order valence-corrected chi connectivity index (χ3v) is 4.03. The molecule has 98 valence electrons. The number of aryl methyl sites for hydroxylation is 2. The first-order valence-electron chi connectivity index (χ1n) is 6.90. The highest BCUT2D eigenvalue weighted by atomic mass is 15.2. The molecule has 2 nitrogen and oxygen atoms in total. The lowest BCUT2D eigenvalue weighted by Gasteiger charge is -2.38. The quantitative estimate of drug-likeness (QED) is 0.776. The molecule has 0 spiro atoms. The highest BCUT2D eigenvalue weighted by Crippen LogP contribution is 2.40. The van der Waals surface area contributed by atoms with Gasteiger partial charge in [0.1, 0.15) is 0 Å². The van der Waals surface area contributed by atoms with Crippen LogP contribution in [0.2, 0.25) is 0 Å². The van der Waals surface area contributed by atoms with E-state index in [-0.39, 0.29) is 0 Å². The second kappa shape index (κ2) is 4.61. The molecule has 0 fully saturated rings. The molecule has 0 aliphatic carbocycles. The second-order valence-electron chi connectivity index (χ2n) is 5.40. The van der Waals surface area contributed by atoms with E-state index in [4.69, 9.17) is 5.73 Å². The van der Waals surface area contributed by atoms with Gasteiger partial charge in [-0.25, -0.2) is 0 Å². The van der Waals surface area contributed by atoms with Crippen molar-refractivity contribution in [1.29, 1.82) is 0 Å². The Hall–Kier alpha value is -1.96. The molecular formula is C17H20N2. The zero-order valence-electron chi connectivity index (χ0n) is 11.6. The molecule has 0 radical (unpaired) electrons. The summed E-state index contributed by atoms with van der Waals surface area (Å²) < 4.78 is 0. The Kier molecular flexibility index (Phi) is 2.94. The van der Waals surface area contributed by atoms with Gasteiger partial charge in [0.2, 0.25) is 0 Å². The van der Waals surface area contributed by atoms with Crippen LogP contribution in [-0.2, 0) is 6.42 Å². The van der Waals surface area contributed by atoms with Crippen molar-refractivity contribution < 1.29 is 0 Å². The van der Waals surface area contributed by atoms with Gasteiger partial charge in [-0.05, 0) is 49.9 Å². The third-order valence-electron chi connectivity index (χ3n) is 4.03. The molecule has 2 aromatic carbocycles. The molecule has 1 aliphatic heterocycles. The lowest BCUT2D eigenvalue weighted by atomic mass is 9.95. The predicted octanol–water partition coefficient (Wildman–Crippen LogP) is 4.05. The molecule has 1 unspecified atom stereocenters. The van der Waals surface area contributed by atoms with Gasteiger partial charge in [-0.2, -0.15) is 0 Å².